The summed E-state index contributed by atoms with van der Waals surface area (Å²) >= 11 is 2.88. The third-order valence-corrected chi connectivity index (χ3v) is 3.23. The van der Waals surface area contributed by atoms with Gasteiger partial charge >= 0.3 is 18.1 Å². The number of carbonyl (C=O) groups excluding carboxylic acids is 2. The molecular formula is C14H12BrF3O5. The molecule has 126 valence electrons. The SMILES string of the molecule is CC(CC(=O)O)C(=O)OCC(=O)c1cc(Br)cc(C(F)(F)F)c1. The van der Waals surface area contributed by atoms with Crippen molar-refractivity contribution in [3.8, 4) is 0 Å². The largest absolute Gasteiger partial charge is 0.481 e. The molecule has 0 saturated heterocycles. The number of carboxylic acid groups (broad SMARTS) is 1. The van der Waals surface area contributed by atoms with Crippen LogP contribution in [0.5, 0.6) is 0 Å². The number of aliphatic carboxylic acids is 1. The number of benzene rings is 1. The lowest BCUT2D eigenvalue weighted by Crippen LogP contribution is -2.21. The molecule has 0 spiro atoms. The third-order valence-electron chi connectivity index (χ3n) is 2.78. The highest BCUT2D eigenvalue weighted by molar-refractivity contribution is 9.10. The Morgan fingerprint density at radius 2 is 1.87 bits per heavy atom. The highest BCUT2D eigenvalue weighted by atomic mass is 79.9. The number of hydrogen-bond acceptors (Lipinski definition) is 4. The van der Waals surface area contributed by atoms with Crippen LogP contribution in [0.4, 0.5) is 13.2 Å². The Hall–Kier alpha value is -1.90. The summed E-state index contributed by atoms with van der Waals surface area (Å²) in [5.74, 6) is -3.91. The topological polar surface area (TPSA) is 80.7 Å². The lowest BCUT2D eigenvalue weighted by molar-refractivity contribution is -0.151. The van der Waals surface area contributed by atoms with Crippen LogP contribution in [0.25, 0.3) is 0 Å². The lowest BCUT2D eigenvalue weighted by Gasteiger charge is -2.11. The summed E-state index contributed by atoms with van der Waals surface area (Å²) in [7, 11) is 0. The molecule has 1 aromatic carbocycles. The van der Waals surface area contributed by atoms with E-state index in [0.29, 0.717) is 6.07 Å². The second-order valence-corrected chi connectivity index (χ2v) is 5.67. The van der Waals surface area contributed by atoms with E-state index in [0.717, 1.165) is 6.07 Å². The quantitative estimate of drug-likeness (QED) is 0.589. The fourth-order valence-electron chi connectivity index (χ4n) is 1.62. The van der Waals surface area contributed by atoms with Crippen LogP contribution >= 0.6 is 15.9 Å². The summed E-state index contributed by atoms with van der Waals surface area (Å²) in [5, 5.41) is 8.54. The minimum absolute atomic E-state index is 0.0567. The van der Waals surface area contributed by atoms with Gasteiger partial charge in [0.25, 0.3) is 0 Å². The van der Waals surface area contributed by atoms with Crippen molar-refractivity contribution in [1.82, 2.24) is 0 Å². The van der Waals surface area contributed by atoms with E-state index in [1.54, 1.807) is 0 Å². The summed E-state index contributed by atoms with van der Waals surface area (Å²) in [5.41, 5.74) is -1.29. The van der Waals surface area contributed by atoms with Gasteiger partial charge in [0, 0.05) is 10.0 Å². The summed E-state index contributed by atoms with van der Waals surface area (Å²) in [6.07, 6.45) is -5.09. The molecule has 1 unspecified atom stereocenters. The second-order valence-electron chi connectivity index (χ2n) is 4.76. The molecule has 0 aliphatic rings. The van der Waals surface area contributed by atoms with Crippen molar-refractivity contribution in [2.75, 3.05) is 6.61 Å². The van der Waals surface area contributed by atoms with Crippen molar-refractivity contribution in [3.63, 3.8) is 0 Å². The average Bonchev–Trinajstić information content (AvgIpc) is 2.41. The highest BCUT2D eigenvalue weighted by Crippen LogP contribution is 2.32. The highest BCUT2D eigenvalue weighted by Gasteiger charge is 2.31. The molecule has 0 saturated carbocycles. The molecule has 23 heavy (non-hydrogen) atoms. The number of ether oxygens (including phenoxy) is 1. The zero-order chi connectivity index (χ0) is 17.8. The molecule has 0 aliphatic heterocycles. The molecule has 0 bridgehead atoms. The van der Waals surface area contributed by atoms with Gasteiger partial charge in [-0.05, 0) is 18.2 Å². The van der Waals surface area contributed by atoms with Gasteiger partial charge in [0.05, 0.1) is 17.9 Å². The van der Waals surface area contributed by atoms with E-state index in [2.05, 4.69) is 20.7 Å². The Kier molecular flexibility index (Phi) is 6.31. The molecule has 1 rings (SSSR count). The molecule has 0 heterocycles. The van der Waals surface area contributed by atoms with Gasteiger partial charge in [-0.3, -0.25) is 14.4 Å². The van der Waals surface area contributed by atoms with Crippen LogP contribution in [-0.4, -0.2) is 29.4 Å². The van der Waals surface area contributed by atoms with Crippen LogP contribution in [0.1, 0.15) is 29.3 Å². The van der Waals surface area contributed by atoms with Crippen LogP contribution in [0.3, 0.4) is 0 Å². The summed E-state index contributed by atoms with van der Waals surface area (Å²) in [6, 6.07) is 2.64. The first-order valence-corrected chi connectivity index (χ1v) is 7.09. The zero-order valence-corrected chi connectivity index (χ0v) is 13.4. The van der Waals surface area contributed by atoms with E-state index < -0.39 is 48.4 Å². The molecular weight excluding hydrogens is 385 g/mol. The maximum absolute atomic E-state index is 12.7. The molecule has 0 aromatic heterocycles. The number of carbonyl (C=O) groups is 3. The standard InChI is InChI=1S/C14H12BrF3O5/c1-7(2-12(20)21)13(22)23-6-11(19)8-3-9(14(16,17)18)5-10(15)4-8/h3-5,7H,2,6H2,1H3,(H,20,21). The number of hydrogen-bond donors (Lipinski definition) is 1. The molecule has 5 nitrogen and oxygen atoms in total. The molecule has 0 amide bonds. The van der Waals surface area contributed by atoms with Crippen LogP contribution in [0.2, 0.25) is 0 Å². The molecule has 0 radical (unpaired) electrons. The molecule has 0 fully saturated rings. The zero-order valence-electron chi connectivity index (χ0n) is 11.8. The summed E-state index contributed by atoms with van der Waals surface area (Å²) < 4.78 is 42.7. The molecule has 1 atom stereocenters. The first-order valence-electron chi connectivity index (χ1n) is 6.30. The molecule has 9 heteroatoms. The predicted octanol–water partition coefficient (Wildman–Crippen LogP) is 3.30. The van der Waals surface area contributed by atoms with Gasteiger partial charge in [-0.25, -0.2) is 0 Å². The van der Waals surface area contributed by atoms with Crippen molar-refractivity contribution in [1.29, 1.82) is 0 Å². The maximum atomic E-state index is 12.7. The maximum Gasteiger partial charge on any atom is 0.416 e. The van der Waals surface area contributed by atoms with E-state index in [-0.39, 0.29) is 10.0 Å². The Bertz CT molecular complexity index is 627. The number of halogens is 4. The van der Waals surface area contributed by atoms with Crippen molar-refractivity contribution < 1.29 is 37.4 Å². The van der Waals surface area contributed by atoms with E-state index in [9.17, 15) is 27.6 Å². The van der Waals surface area contributed by atoms with Crippen molar-refractivity contribution >= 4 is 33.7 Å². The van der Waals surface area contributed by atoms with Gasteiger partial charge < -0.3 is 9.84 Å². The monoisotopic (exact) mass is 396 g/mol. The Morgan fingerprint density at radius 1 is 1.26 bits per heavy atom. The fourth-order valence-corrected chi connectivity index (χ4v) is 2.12. The number of esters is 1. The average molecular weight is 397 g/mol. The van der Waals surface area contributed by atoms with Crippen LogP contribution in [-0.2, 0) is 20.5 Å². The number of alkyl halides is 3. The van der Waals surface area contributed by atoms with Crippen LogP contribution in [0, 0.1) is 5.92 Å². The first kappa shape index (κ1) is 19.1. The minimum Gasteiger partial charge on any atom is -0.481 e. The van der Waals surface area contributed by atoms with Gasteiger partial charge in [-0.15, -0.1) is 0 Å². The lowest BCUT2D eigenvalue weighted by atomic mass is 10.1. The van der Waals surface area contributed by atoms with Gasteiger partial charge in [-0.1, -0.05) is 22.9 Å². The number of carboxylic acids is 1. The minimum atomic E-state index is -4.62. The van der Waals surface area contributed by atoms with Crippen LogP contribution in [0.15, 0.2) is 22.7 Å². The summed E-state index contributed by atoms with van der Waals surface area (Å²) in [4.78, 5) is 33.8. The van der Waals surface area contributed by atoms with Crippen molar-refractivity contribution in [2.45, 2.75) is 19.5 Å². The first-order chi connectivity index (χ1) is 10.5. The van der Waals surface area contributed by atoms with Crippen LogP contribution < -0.4 is 0 Å². The fraction of sp³-hybridized carbons (Fsp3) is 0.357. The van der Waals surface area contributed by atoms with Gasteiger partial charge in [0.2, 0.25) is 0 Å². The molecule has 1 N–H and O–H groups in total. The third kappa shape index (κ3) is 6.01. The Labute approximate surface area is 137 Å². The van der Waals surface area contributed by atoms with E-state index in [4.69, 9.17) is 5.11 Å². The van der Waals surface area contributed by atoms with E-state index in [1.807, 2.05) is 0 Å². The predicted molar refractivity (Wildman–Crippen MR) is 75.9 cm³/mol. The Morgan fingerprint density at radius 3 is 2.39 bits per heavy atom. The molecule has 0 aliphatic carbocycles. The van der Waals surface area contributed by atoms with E-state index in [1.165, 1.54) is 13.0 Å². The van der Waals surface area contributed by atoms with E-state index >= 15 is 0 Å². The number of rotatable bonds is 6. The molecule has 1 aromatic rings. The smallest absolute Gasteiger partial charge is 0.416 e. The van der Waals surface area contributed by atoms with Gasteiger partial charge in [0.1, 0.15) is 0 Å². The van der Waals surface area contributed by atoms with Gasteiger partial charge in [0.15, 0.2) is 12.4 Å². The normalized spacial score (nSPS) is 12.6. The summed E-state index contributed by atoms with van der Waals surface area (Å²) in [6.45, 7) is 0.540. The number of Topliss-reactive ketones (excluding diaryl/α,β-unsaturated/α-hetero) is 1. The van der Waals surface area contributed by atoms with Crippen molar-refractivity contribution in [2.24, 2.45) is 5.92 Å². The number of ketones is 1. The van der Waals surface area contributed by atoms with Crippen molar-refractivity contribution in [3.05, 3.63) is 33.8 Å². The van der Waals surface area contributed by atoms with Gasteiger partial charge in [-0.2, -0.15) is 13.2 Å². The second kappa shape index (κ2) is 7.58. The Balaban J connectivity index is 2.77.